The first-order chi connectivity index (χ1) is 7.04. The van der Waals surface area contributed by atoms with E-state index < -0.39 is 6.10 Å². The number of hydrogen-bond donors (Lipinski definition) is 1. The molecule has 0 aliphatic carbocycles. The van der Waals surface area contributed by atoms with Gasteiger partial charge in [-0.1, -0.05) is 13.8 Å². The van der Waals surface area contributed by atoms with Gasteiger partial charge in [-0.05, 0) is 12.3 Å². The van der Waals surface area contributed by atoms with Crippen molar-refractivity contribution in [3.8, 4) is 0 Å². The van der Waals surface area contributed by atoms with E-state index in [-0.39, 0.29) is 11.9 Å². The molecule has 1 aliphatic rings. The van der Waals surface area contributed by atoms with Gasteiger partial charge in [0.2, 0.25) is 0 Å². The Morgan fingerprint density at radius 3 is 2.80 bits per heavy atom. The monoisotopic (exact) mass is 215 g/mol. The molecule has 2 atom stereocenters. The number of likely N-dealkylation sites (tertiary alicyclic amines) is 1. The average molecular weight is 215 g/mol. The third kappa shape index (κ3) is 3.47. The number of carbonyl (C=O) groups is 1. The fourth-order valence-electron chi connectivity index (χ4n) is 2.07. The molecule has 0 saturated carbocycles. The molecule has 88 valence electrons. The maximum absolute atomic E-state index is 11.4. The zero-order valence-electron chi connectivity index (χ0n) is 9.77. The van der Waals surface area contributed by atoms with Crippen LogP contribution in [-0.4, -0.2) is 48.8 Å². The van der Waals surface area contributed by atoms with Gasteiger partial charge in [-0.15, -0.1) is 0 Å². The van der Waals surface area contributed by atoms with Gasteiger partial charge in [-0.25, -0.2) is 0 Å². The van der Waals surface area contributed by atoms with Crippen molar-refractivity contribution in [2.75, 3.05) is 26.7 Å². The standard InChI is InChI=1S/C11H21NO3/c1-8(2)6-12-5-4-10(13)9(7-12)11(14)15-3/h8-10,13H,4-7H2,1-3H3/t9-,10+/m0/s1. The van der Waals surface area contributed by atoms with Crippen LogP contribution in [0.2, 0.25) is 0 Å². The Labute approximate surface area is 91.2 Å². The molecule has 1 N–H and O–H groups in total. The van der Waals surface area contributed by atoms with Gasteiger partial charge in [0.25, 0.3) is 0 Å². The molecule has 0 bridgehead atoms. The van der Waals surface area contributed by atoms with Gasteiger partial charge in [0.15, 0.2) is 0 Å². The number of esters is 1. The normalized spacial score (nSPS) is 28.1. The highest BCUT2D eigenvalue weighted by Crippen LogP contribution is 2.19. The third-order valence-corrected chi connectivity index (χ3v) is 2.79. The van der Waals surface area contributed by atoms with Gasteiger partial charge in [0.05, 0.1) is 19.1 Å². The van der Waals surface area contributed by atoms with Crippen LogP contribution >= 0.6 is 0 Å². The molecule has 0 aromatic carbocycles. The topological polar surface area (TPSA) is 49.8 Å². The fraction of sp³-hybridized carbons (Fsp3) is 0.909. The molecule has 0 spiro atoms. The Morgan fingerprint density at radius 2 is 2.27 bits per heavy atom. The summed E-state index contributed by atoms with van der Waals surface area (Å²) in [5, 5.41) is 9.69. The summed E-state index contributed by atoms with van der Waals surface area (Å²) in [5.74, 6) is -0.0861. The van der Waals surface area contributed by atoms with E-state index in [9.17, 15) is 9.90 Å². The fourth-order valence-corrected chi connectivity index (χ4v) is 2.07. The molecule has 1 aliphatic heterocycles. The van der Waals surface area contributed by atoms with Crippen LogP contribution in [0.5, 0.6) is 0 Å². The summed E-state index contributed by atoms with van der Waals surface area (Å²) in [6.07, 6.45) is 0.118. The van der Waals surface area contributed by atoms with Crippen LogP contribution in [0.1, 0.15) is 20.3 Å². The van der Waals surface area contributed by atoms with Crippen LogP contribution in [0.3, 0.4) is 0 Å². The zero-order valence-corrected chi connectivity index (χ0v) is 9.77. The molecule has 1 rings (SSSR count). The lowest BCUT2D eigenvalue weighted by molar-refractivity contribution is -0.152. The number of ether oxygens (including phenoxy) is 1. The van der Waals surface area contributed by atoms with E-state index in [0.29, 0.717) is 18.9 Å². The Balaban J connectivity index is 2.52. The minimum Gasteiger partial charge on any atom is -0.469 e. The molecule has 0 radical (unpaired) electrons. The lowest BCUT2D eigenvalue weighted by atomic mass is 9.94. The van der Waals surface area contributed by atoms with E-state index in [1.165, 1.54) is 7.11 Å². The van der Waals surface area contributed by atoms with Crippen LogP contribution in [0, 0.1) is 11.8 Å². The Morgan fingerprint density at radius 1 is 1.60 bits per heavy atom. The summed E-state index contributed by atoms with van der Waals surface area (Å²) in [6.45, 7) is 6.76. The number of aliphatic hydroxyl groups is 1. The number of aliphatic hydroxyl groups excluding tert-OH is 1. The van der Waals surface area contributed by atoms with Crippen LogP contribution in [-0.2, 0) is 9.53 Å². The minimum atomic E-state index is -0.541. The summed E-state index contributed by atoms with van der Waals surface area (Å²) >= 11 is 0. The number of carbonyl (C=O) groups excluding carboxylic acids is 1. The van der Waals surface area contributed by atoms with E-state index in [2.05, 4.69) is 23.5 Å². The van der Waals surface area contributed by atoms with Gasteiger partial charge in [0, 0.05) is 19.6 Å². The van der Waals surface area contributed by atoms with Crippen LogP contribution in [0.25, 0.3) is 0 Å². The Hall–Kier alpha value is -0.610. The summed E-state index contributed by atoms with van der Waals surface area (Å²) in [6, 6.07) is 0. The summed E-state index contributed by atoms with van der Waals surface area (Å²) in [7, 11) is 1.37. The summed E-state index contributed by atoms with van der Waals surface area (Å²) in [4.78, 5) is 13.6. The van der Waals surface area contributed by atoms with Gasteiger partial charge >= 0.3 is 5.97 Å². The largest absolute Gasteiger partial charge is 0.469 e. The van der Waals surface area contributed by atoms with E-state index in [1.54, 1.807) is 0 Å². The number of methoxy groups -OCH3 is 1. The summed E-state index contributed by atoms with van der Waals surface area (Å²) in [5.41, 5.74) is 0. The lowest BCUT2D eigenvalue weighted by Crippen LogP contribution is -2.47. The summed E-state index contributed by atoms with van der Waals surface area (Å²) < 4.78 is 4.69. The quantitative estimate of drug-likeness (QED) is 0.696. The maximum atomic E-state index is 11.4. The minimum absolute atomic E-state index is 0.295. The van der Waals surface area contributed by atoms with E-state index >= 15 is 0 Å². The molecule has 0 amide bonds. The third-order valence-electron chi connectivity index (χ3n) is 2.79. The molecule has 15 heavy (non-hydrogen) atoms. The highest BCUT2D eigenvalue weighted by molar-refractivity contribution is 5.73. The molecular weight excluding hydrogens is 194 g/mol. The van der Waals surface area contributed by atoms with Crippen molar-refractivity contribution in [3.05, 3.63) is 0 Å². The van der Waals surface area contributed by atoms with E-state index in [1.807, 2.05) is 0 Å². The van der Waals surface area contributed by atoms with E-state index in [0.717, 1.165) is 13.1 Å². The van der Waals surface area contributed by atoms with Gasteiger partial charge in [0.1, 0.15) is 0 Å². The average Bonchev–Trinajstić information content (AvgIpc) is 2.19. The first-order valence-corrected chi connectivity index (χ1v) is 5.52. The van der Waals surface area contributed by atoms with Crippen molar-refractivity contribution >= 4 is 5.97 Å². The molecule has 4 nitrogen and oxygen atoms in total. The Kier molecular flexibility index (Phi) is 4.54. The number of hydrogen-bond acceptors (Lipinski definition) is 4. The second kappa shape index (κ2) is 5.47. The zero-order chi connectivity index (χ0) is 11.4. The second-order valence-electron chi connectivity index (χ2n) is 4.64. The first kappa shape index (κ1) is 12.5. The number of piperidine rings is 1. The van der Waals surface area contributed by atoms with Gasteiger partial charge in [-0.3, -0.25) is 4.79 Å². The smallest absolute Gasteiger partial charge is 0.312 e. The number of rotatable bonds is 3. The van der Waals surface area contributed by atoms with Gasteiger partial charge < -0.3 is 14.7 Å². The molecule has 0 aromatic heterocycles. The van der Waals surface area contributed by atoms with Crippen LogP contribution in [0.15, 0.2) is 0 Å². The molecule has 1 fully saturated rings. The van der Waals surface area contributed by atoms with Crippen molar-refractivity contribution in [1.82, 2.24) is 4.90 Å². The molecule has 0 unspecified atom stereocenters. The molecular formula is C11H21NO3. The predicted molar refractivity (Wildman–Crippen MR) is 57.4 cm³/mol. The molecule has 0 aromatic rings. The van der Waals surface area contributed by atoms with Gasteiger partial charge in [-0.2, -0.15) is 0 Å². The second-order valence-corrected chi connectivity index (χ2v) is 4.64. The highest BCUT2D eigenvalue weighted by Gasteiger charge is 2.33. The van der Waals surface area contributed by atoms with Crippen molar-refractivity contribution in [3.63, 3.8) is 0 Å². The molecule has 4 heteroatoms. The SMILES string of the molecule is COC(=O)[C@H]1CN(CC(C)C)CC[C@H]1O. The van der Waals surface area contributed by atoms with Crippen molar-refractivity contribution in [1.29, 1.82) is 0 Å². The van der Waals surface area contributed by atoms with Crippen LogP contribution < -0.4 is 0 Å². The predicted octanol–water partition coefficient (Wildman–Crippen LogP) is 0.498. The van der Waals surface area contributed by atoms with E-state index in [4.69, 9.17) is 0 Å². The first-order valence-electron chi connectivity index (χ1n) is 5.52. The lowest BCUT2D eigenvalue weighted by Gasteiger charge is -2.35. The van der Waals surface area contributed by atoms with Crippen LogP contribution in [0.4, 0.5) is 0 Å². The Bertz CT molecular complexity index is 218. The van der Waals surface area contributed by atoms with Crippen molar-refractivity contribution in [2.45, 2.75) is 26.4 Å². The number of nitrogens with zero attached hydrogens (tertiary/aromatic N) is 1. The van der Waals surface area contributed by atoms with Crippen molar-refractivity contribution < 1.29 is 14.6 Å². The maximum Gasteiger partial charge on any atom is 0.312 e. The van der Waals surface area contributed by atoms with Crippen molar-refractivity contribution in [2.24, 2.45) is 11.8 Å². The molecule has 1 heterocycles. The highest BCUT2D eigenvalue weighted by atomic mass is 16.5. The molecule has 1 saturated heterocycles.